The smallest absolute Gasteiger partial charge is 0.168 e. The van der Waals surface area contributed by atoms with E-state index in [9.17, 15) is 0 Å². The maximum Gasteiger partial charge on any atom is 0.168 e. The van der Waals surface area contributed by atoms with Crippen molar-refractivity contribution in [3.05, 3.63) is 71.0 Å². The molecular formula is C24H32N6. The highest BCUT2D eigenvalue weighted by atomic mass is 15.5. The monoisotopic (exact) mass is 404 g/mol. The van der Waals surface area contributed by atoms with Crippen molar-refractivity contribution in [1.29, 1.82) is 0 Å². The molecule has 0 unspecified atom stereocenters. The number of anilines is 1. The summed E-state index contributed by atoms with van der Waals surface area (Å²) in [5.41, 5.74) is 5.36. The van der Waals surface area contributed by atoms with Crippen molar-refractivity contribution in [2.45, 2.75) is 46.2 Å². The number of nitrogens with zero attached hydrogens (tertiary/aromatic N) is 6. The zero-order valence-electron chi connectivity index (χ0n) is 18.3. The third-order valence-corrected chi connectivity index (χ3v) is 6.16. The summed E-state index contributed by atoms with van der Waals surface area (Å²) in [4.78, 5) is 5.07. The van der Waals surface area contributed by atoms with Gasteiger partial charge in [0.2, 0.25) is 0 Å². The average Bonchev–Trinajstić information content (AvgIpc) is 3.24. The van der Waals surface area contributed by atoms with Crippen LogP contribution in [0.4, 0.5) is 5.69 Å². The van der Waals surface area contributed by atoms with E-state index in [2.05, 4.69) is 94.6 Å². The molecule has 3 aromatic rings. The summed E-state index contributed by atoms with van der Waals surface area (Å²) in [6, 6.07) is 17.5. The molecule has 2 aromatic carbocycles. The van der Waals surface area contributed by atoms with Gasteiger partial charge in [-0.3, -0.25) is 4.90 Å². The number of aromatic nitrogens is 4. The SMILES string of the molecule is CC[C@@H](c1nnnn1CCc1ccccc1)N1CCN(c2cc(C)ccc2C)CC1. The number of hydrogen-bond donors (Lipinski definition) is 0. The highest BCUT2D eigenvalue weighted by Crippen LogP contribution is 2.27. The first kappa shape index (κ1) is 20.5. The number of benzene rings is 2. The Hall–Kier alpha value is -2.73. The molecule has 158 valence electrons. The van der Waals surface area contributed by atoms with Crippen LogP contribution >= 0.6 is 0 Å². The van der Waals surface area contributed by atoms with Crippen LogP contribution in [0.15, 0.2) is 48.5 Å². The average molecular weight is 405 g/mol. The number of piperazine rings is 1. The van der Waals surface area contributed by atoms with Gasteiger partial charge >= 0.3 is 0 Å². The molecule has 2 heterocycles. The molecule has 1 atom stereocenters. The maximum absolute atomic E-state index is 4.42. The molecule has 1 aromatic heterocycles. The second-order valence-electron chi connectivity index (χ2n) is 8.23. The predicted octanol–water partition coefficient (Wildman–Crippen LogP) is 3.81. The van der Waals surface area contributed by atoms with Crippen LogP contribution in [0.1, 0.15) is 41.9 Å². The van der Waals surface area contributed by atoms with Crippen LogP contribution < -0.4 is 4.90 Å². The first-order valence-electron chi connectivity index (χ1n) is 11.0. The maximum atomic E-state index is 4.42. The van der Waals surface area contributed by atoms with Gasteiger partial charge in [-0.1, -0.05) is 49.4 Å². The Bertz CT molecular complexity index is 943. The lowest BCUT2D eigenvalue weighted by atomic mass is 10.1. The third-order valence-electron chi connectivity index (χ3n) is 6.16. The zero-order valence-corrected chi connectivity index (χ0v) is 18.3. The van der Waals surface area contributed by atoms with Crippen LogP contribution in [0.2, 0.25) is 0 Å². The summed E-state index contributed by atoms with van der Waals surface area (Å²) in [7, 11) is 0. The molecular weight excluding hydrogens is 372 g/mol. The molecule has 1 fully saturated rings. The van der Waals surface area contributed by atoms with E-state index in [-0.39, 0.29) is 6.04 Å². The van der Waals surface area contributed by atoms with Gasteiger partial charge in [-0.2, -0.15) is 0 Å². The summed E-state index contributed by atoms with van der Waals surface area (Å²) in [5, 5.41) is 12.7. The number of tetrazole rings is 1. The standard InChI is InChI=1S/C24H32N6/c1-4-22(24-25-26-27-30(24)13-12-21-8-6-5-7-9-21)28-14-16-29(17-15-28)23-18-19(2)10-11-20(23)3/h5-11,18,22H,4,12-17H2,1-3H3/t22-/m0/s1. The van der Waals surface area contributed by atoms with Crippen LogP contribution in [0.3, 0.4) is 0 Å². The fourth-order valence-corrected chi connectivity index (χ4v) is 4.43. The largest absolute Gasteiger partial charge is 0.369 e. The molecule has 0 N–H and O–H groups in total. The van der Waals surface area contributed by atoms with Gasteiger partial charge < -0.3 is 4.90 Å². The van der Waals surface area contributed by atoms with Gasteiger partial charge in [0, 0.05) is 38.4 Å². The van der Waals surface area contributed by atoms with Gasteiger partial charge in [-0.25, -0.2) is 4.68 Å². The number of hydrogen-bond acceptors (Lipinski definition) is 5. The Labute approximate surface area is 179 Å². The Morgan fingerprint density at radius 3 is 2.47 bits per heavy atom. The third kappa shape index (κ3) is 4.54. The summed E-state index contributed by atoms with van der Waals surface area (Å²) in [5.74, 6) is 0.994. The Morgan fingerprint density at radius 2 is 1.73 bits per heavy atom. The molecule has 0 saturated carbocycles. The van der Waals surface area contributed by atoms with E-state index in [0.717, 1.165) is 51.4 Å². The molecule has 0 amide bonds. The van der Waals surface area contributed by atoms with Gasteiger partial charge in [0.25, 0.3) is 0 Å². The van der Waals surface area contributed by atoms with Gasteiger partial charge in [0.1, 0.15) is 0 Å². The number of rotatable bonds is 7. The fraction of sp³-hybridized carbons (Fsp3) is 0.458. The highest BCUT2D eigenvalue weighted by molar-refractivity contribution is 5.55. The first-order valence-corrected chi connectivity index (χ1v) is 11.0. The molecule has 1 aliphatic heterocycles. The molecule has 0 spiro atoms. The number of aryl methyl sites for hydroxylation is 4. The van der Waals surface area contributed by atoms with E-state index < -0.39 is 0 Å². The molecule has 30 heavy (non-hydrogen) atoms. The Balaban J connectivity index is 1.42. The van der Waals surface area contributed by atoms with Crippen LogP contribution in [-0.2, 0) is 13.0 Å². The van der Waals surface area contributed by atoms with Gasteiger partial charge in [0.05, 0.1) is 6.04 Å². The summed E-state index contributed by atoms with van der Waals surface area (Å²) < 4.78 is 2.00. The quantitative estimate of drug-likeness (QED) is 0.599. The van der Waals surface area contributed by atoms with Gasteiger partial charge in [-0.05, 0) is 59.9 Å². The van der Waals surface area contributed by atoms with Crippen LogP contribution in [0.25, 0.3) is 0 Å². The summed E-state index contributed by atoms with van der Waals surface area (Å²) in [6.07, 6.45) is 1.95. The van der Waals surface area contributed by atoms with Crippen molar-refractivity contribution >= 4 is 5.69 Å². The molecule has 6 heteroatoms. The van der Waals surface area contributed by atoms with Crippen molar-refractivity contribution in [1.82, 2.24) is 25.1 Å². The molecule has 4 rings (SSSR count). The van der Waals surface area contributed by atoms with E-state index in [1.165, 1.54) is 22.4 Å². The molecule has 6 nitrogen and oxygen atoms in total. The van der Waals surface area contributed by atoms with Crippen molar-refractivity contribution in [3.8, 4) is 0 Å². The molecule has 0 radical (unpaired) electrons. The minimum Gasteiger partial charge on any atom is -0.369 e. The highest BCUT2D eigenvalue weighted by Gasteiger charge is 2.28. The van der Waals surface area contributed by atoms with Crippen molar-refractivity contribution in [2.24, 2.45) is 0 Å². The molecule has 1 aliphatic rings. The van der Waals surface area contributed by atoms with Gasteiger partial charge in [-0.15, -0.1) is 5.10 Å². The molecule has 0 aliphatic carbocycles. The zero-order chi connectivity index (χ0) is 20.9. The predicted molar refractivity (Wildman–Crippen MR) is 121 cm³/mol. The van der Waals surface area contributed by atoms with Crippen LogP contribution in [-0.4, -0.2) is 51.3 Å². The van der Waals surface area contributed by atoms with Crippen LogP contribution in [0, 0.1) is 13.8 Å². The van der Waals surface area contributed by atoms with E-state index in [4.69, 9.17) is 0 Å². The topological polar surface area (TPSA) is 50.1 Å². The van der Waals surface area contributed by atoms with Crippen molar-refractivity contribution < 1.29 is 0 Å². The Kier molecular flexibility index (Phi) is 6.43. The van der Waals surface area contributed by atoms with E-state index in [0.29, 0.717) is 0 Å². The Morgan fingerprint density at radius 1 is 0.967 bits per heavy atom. The lowest BCUT2D eigenvalue weighted by Crippen LogP contribution is -2.48. The lowest BCUT2D eigenvalue weighted by Gasteiger charge is -2.40. The minimum absolute atomic E-state index is 0.261. The second-order valence-corrected chi connectivity index (χ2v) is 8.23. The molecule has 0 bridgehead atoms. The minimum atomic E-state index is 0.261. The lowest BCUT2D eigenvalue weighted by molar-refractivity contribution is 0.169. The van der Waals surface area contributed by atoms with E-state index >= 15 is 0 Å². The first-order chi connectivity index (χ1) is 14.7. The normalized spacial score (nSPS) is 16.0. The fourth-order valence-electron chi connectivity index (χ4n) is 4.43. The van der Waals surface area contributed by atoms with Gasteiger partial charge in [0.15, 0.2) is 5.82 Å². The summed E-state index contributed by atoms with van der Waals surface area (Å²) >= 11 is 0. The van der Waals surface area contributed by atoms with E-state index in [1.54, 1.807) is 0 Å². The van der Waals surface area contributed by atoms with Crippen molar-refractivity contribution in [3.63, 3.8) is 0 Å². The second kappa shape index (κ2) is 9.39. The van der Waals surface area contributed by atoms with E-state index in [1.807, 2.05) is 4.68 Å². The van der Waals surface area contributed by atoms with Crippen molar-refractivity contribution in [2.75, 3.05) is 31.1 Å². The van der Waals surface area contributed by atoms with Crippen LogP contribution in [0.5, 0.6) is 0 Å². The molecule has 1 saturated heterocycles. The summed E-state index contributed by atoms with van der Waals surface area (Å²) in [6.45, 7) is 11.5.